The van der Waals surface area contributed by atoms with Crippen LogP contribution in [0.1, 0.15) is 17.7 Å². The van der Waals surface area contributed by atoms with E-state index in [1.165, 1.54) is 0 Å². The molecule has 5 heteroatoms. The third kappa shape index (κ3) is 5.72. The highest BCUT2D eigenvalue weighted by Crippen LogP contribution is 2.08. The van der Waals surface area contributed by atoms with Crippen LogP contribution in [0.15, 0.2) is 17.5 Å². The molecule has 106 valence electrons. The van der Waals surface area contributed by atoms with Crippen LogP contribution in [0.4, 0.5) is 0 Å². The van der Waals surface area contributed by atoms with E-state index in [0.717, 1.165) is 57.1 Å². The molecule has 1 saturated heterocycles. The van der Waals surface area contributed by atoms with Gasteiger partial charge in [-0.1, -0.05) is 6.07 Å². The topological polar surface area (TPSA) is 41.6 Å². The van der Waals surface area contributed by atoms with Crippen LogP contribution >= 0.6 is 11.3 Å². The van der Waals surface area contributed by atoms with Gasteiger partial charge >= 0.3 is 0 Å². The summed E-state index contributed by atoms with van der Waals surface area (Å²) in [6, 6.07) is 3.98. The fraction of sp³-hybridized carbons (Fsp3) is 0.643. The van der Waals surface area contributed by atoms with Gasteiger partial charge < -0.3 is 10.1 Å². The van der Waals surface area contributed by atoms with Crippen molar-refractivity contribution in [3.8, 4) is 0 Å². The summed E-state index contributed by atoms with van der Waals surface area (Å²) in [4.78, 5) is 15.2. The maximum absolute atomic E-state index is 11.6. The lowest BCUT2D eigenvalue weighted by atomic mass is 10.2. The van der Waals surface area contributed by atoms with Crippen LogP contribution in [0.25, 0.3) is 0 Å². The predicted molar refractivity (Wildman–Crippen MR) is 77.5 cm³/mol. The third-order valence-corrected chi connectivity index (χ3v) is 4.12. The third-order valence-electron chi connectivity index (χ3n) is 3.24. The Morgan fingerprint density at radius 2 is 2.21 bits per heavy atom. The number of nitrogens with zero attached hydrogens (tertiary/aromatic N) is 1. The van der Waals surface area contributed by atoms with Crippen LogP contribution in [-0.4, -0.2) is 50.2 Å². The fourth-order valence-electron chi connectivity index (χ4n) is 2.15. The summed E-state index contributed by atoms with van der Waals surface area (Å²) in [5.74, 6) is 0.133. The molecule has 1 fully saturated rings. The quantitative estimate of drug-likeness (QED) is 0.771. The number of morpholine rings is 1. The van der Waals surface area contributed by atoms with Gasteiger partial charge in [-0.15, -0.1) is 11.3 Å². The van der Waals surface area contributed by atoms with E-state index >= 15 is 0 Å². The Kier molecular flexibility index (Phi) is 6.33. The summed E-state index contributed by atoms with van der Waals surface area (Å²) < 4.78 is 5.31. The SMILES string of the molecule is O=C(Cc1cccs1)NCCCCN1CCOCC1. The highest BCUT2D eigenvalue weighted by Gasteiger charge is 2.09. The number of nitrogens with one attached hydrogen (secondary N) is 1. The zero-order valence-electron chi connectivity index (χ0n) is 11.3. The first-order valence-electron chi connectivity index (χ1n) is 6.94. The Morgan fingerprint density at radius 3 is 2.95 bits per heavy atom. The van der Waals surface area contributed by atoms with Crippen molar-refractivity contribution in [2.45, 2.75) is 19.3 Å². The summed E-state index contributed by atoms with van der Waals surface area (Å²) in [5.41, 5.74) is 0. The lowest BCUT2D eigenvalue weighted by Crippen LogP contribution is -2.37. The largest absolute Gasteiger partial charge is 0.379 e. The van der Waals surface area contributed by atoms with Gasteiger partial charge in [0.2, 0.25) is 5.91 Å². The van der Waals surface area contributed by atoms with E-state index in [0.29, 0.717) is 6.42 Å². The lowest BCUT2D eigenvalue weighted by Gasteiger charge is -2.26. The summed E-state index contributed by atoms with van der Waals surface area (Å²) in [6.45, 7) is 5.71. The van der Waals surface area contributed by atoms with Crippen LogP contribution in [0.3, 0.4) is 0 Å². The summed E-state index contributed by atoms with van der Waals surface area (Å²) in [5, 5.41) is 4.99. The van der Waals surface area contributed by atoms with Crippen molar-refractivity contribution in [1.82, 2.24) is 10.2 Å². The van der Waals surface area contributed by atoms with E-state index in [4.69, 9.17) is 4.74 Å². The van der Waals surface area contributed by atoms with Crippen molar-refractivity contribution >= 4 is 17.2 Å². The minimum atomic E-state index is 0.133. The first-order valence-corrected chi connectivity index (χ1v) is 7.82. The molecule has 19 heavy (non-hydrogen) atoms. The summed E-state index contributed by atoms with van der Waals surface area (Å²) >= 11 is 1.63. The molecular weight excluding hydrogens is 260 g/mol. The van der Waals surface area contributed by atoms with Gasteiger partial charge in [0, 0.05) is 24.5 Å². The van der Waals surface area contributed by atoms with Crippen molar-refractivity contribution in [3.63, 3.8) is 0 Å². The van der Waals surface area contributed by atoms with Crippen molar-refractivity contribution in [3.05, 3.63) is 22.4 Å². The number of hydrogen-bond donors (Lipinski definition) is 1. The fourth-order valence-corrected chi connectivity index (χ4v) is 2.85. The van der Waals surface area contributed by atoms with E-state index < -0.39 is 0 Å². The maximum Gasteiger partial charge on any atom is 0.225 e. The number of thiophene rings is 1. The van der Waals surface area contributed by atoms with E-state index in [-0.39, 0.29) is 5.91 Å². The molecule has 0 saturated carbocycles. The van der Waals surface area contributed by atoms with Gasteiger partial charge in [-0.3, -0.25) is 9.69 Å². The van der Waals surface area contributed by atoms with Crippen LogP contribution in [0.2, 0.25) is 0 Å². The zero-order valence-corrected chi connectivity index (χ0v) is 12.1. The van der Waals surface area contributed by atoms with Crippen LogP contribution in [0, 0.1) is 0 Å². The molecule has 1 aliphatic heterocycles. The van der Waals surface area contributed by atoms with Gasteiger partial charge in [-0.25, -0.2) is 0 Å². The van der Waals surface area contributed by atoms with Gasteiger partial charge in [0.05, 0.1) is 19.6 Å². The molecule has 2 rings (SSSR count). The van der Waals surface area contributed by atoms with E-state index in [2.05, 4.69) is 10.2 Å². The van der Waals surface area contributed by atoms with Crippen LogP contribution < -0.4 is 5.32 Å². The minimum absolute atomic E-state index is 0.133. The van der Waals surface area contributed by atoms with Crippen molar-refractivity contribution in [2.24, 2.45) is 0 Å². The number of amides is 1. The molecule has 0 bridgehead atoms. The average Bonchev–Trinajstić information content (AvgIpc) is 2.92. The molecule has 0 aliphatic carbocycles. The van der Waals surface area contributed by atoms with Gasteiger partial charge in [-0.05, 0) is 30.8 Å². The summed E-state index contributed by atoms with van der Waals surface area (Å²) in [7, 11) is 0. The molecule has 4 nitrogen and oxygen atoms in total. The van der Waals surface area contributed by atoms with Gasteiger partial charge in [0.1, 0.15) is 0 Å². The van der Waals surface area contributed by atoms with E-state index in [9.17, 15) is 4.79 Å². The standard InChI is InChI=1S/C14H22N2O2S/c17-14(12-13-4-3-11-19-13)15-5-1-2-6-16-7-9-18-10-8-16/h3-4,11H,1-2,5-10,12H2,(H,15,17). The van der Waals surface area contributed by atoms with Crippen molar-refractivity contribution < 1.29 is 9.53 Å². The predicted octanol–water partition coefficient (Wildman–Crippen LogP) is 1.52. The molecule has 0 aromatic carbocycles. The molecule has 0 atom stereocenters. The number of carbonyl (C=O) groups is 1. The first kappa shape index (κ1) is 14.5. The second kappa shape index (κ2) is 8.30. The molecule has 0 radical (unpaired) electrons. The van der Waals surface area contributed by atoms with Crippen LogP contribution in [-0.2, 0) is 16.0 Å². The molecule has 1 aromatic rings. The lowest BCUT2D eigenvalue weighted by molar-refractivity contribution is -0.120. The molecule has 1 amide bonds. The smallest absolute Gasteiger partial charge is 0.225 e. The van der Waals surface area contributed by atoms with E-state index in [1.54, 1.807) is 11.3 Å². The average molecular weight is 282 g/mol. The second-order valence-corrected chi connectivity index (χ2v) is 5.80. The van der Waals surface area contributed by atoms with Crippen molar-refractivity contribution in [2.75, 3.05) is 39.4 Å². The van der Waals surface area contributed by atoms with Gasteiger partial charge in [0.25, 0.3) is 0 Å². The monoisotopic (exact) mass is 282 g/mol. The molecular formula is C14H22N2O2S. The normalized spacial score (nSPS) is 16.4. The highest BCUT2D eigenvalue weighted by molar-refractivity contribution is 7.10. The second-order valence-electron chi connectivity index (χ2n) is 4.77. The first-order chi connectivity index (χ1) is 9.34. The van der Waals surface area contributed by atoms with E-state index in [1.807, 2.05) is 17.5 Å². The Hall–Kier alpha value is -0.910. The number of hydrogen-bond acceptors (Lipinski definition) is 4. The number of unbranched alkanes of at least 4 members (excludes halogenated alkanes) is 1. The molecule has 2 heterocycles. The number of carbonyl (C=O) groups excluding carboxylic acids is 1. The number of ether oxygens (including phenoxy) is 1. The zero-order chi connectivity index (χ0) is 13.3. The maximum atomic E-state index is 11.6. The van der Waals surface area contributed by atoms with Gasteiger partial charge in [0.15, 0.2) is 0 Å². The summed E-state index contributed by atoms with van der Waals surface area (Å²) in [6.07, 6.45) is 2.70. The molecule has 1 aromatic heterocycles. The van der Waals surface area contributed by atoms with Crippen LogP contribution in [0.5, 0.6) is 0 Å². The Balaban J connectivity index is 1.48. The van der Waals surface area contributed by atoms with Crippen molar-refractivity contribution in [1.29, 1.82) is 0 Å². The Morgan fingerprint density at radius 1 is 1.37 bits per heavy atom. The molecule has 0 unspecified atom stereocenters. The highest BCUT2D eigenvalue weighted by atomic mass is 32.1. The minimum Gasteiger partial charge on any atom is -0.379 e. The molecule has 0 spiro atoms. The molecule has 1 aliphatic rings. The molecule has 1 N–H and O–H groups in total. The van der Waals surface area contributed by atoms with Gasteiger partial charge in [-0.2, -0.15) is 0 Å². The number of rotatable bonds is 7. The Labute approximate surface area is 118 Å². The Bertz CT molecular complexity index is 362.